The highest BCUT2D eigenvalue weighted by atomic mass is 16.6. The summed E-state index contributed by atoms with van der Waals surface area (Å²) < 4.78 is 5.48. The number of nitrogens with two attached hydrogens (primary N) is 1. The van der Waals surface area contributed by atoms with Gasteiger partial charge in [-0.25, -0.2) is 9.98 Å². The van der Waals surface area contributed by atoms with Crippen LogP contribution in [0.1, 0.15) is 6.92 Å². The fourth-order valence-corrected chi connectivity index (χ4v) is 2.25. The molecule has 0 saturated carbocycles. The monoisotopic (exact) mass is 324 g/mol. The van der Waals surface area contributed by atoms with Crippen molar-refractivity contribution in [1.29, 1.82) is 0 Å². The van der Waals surface area contributed by atoms with Crippen molar-refractivity contribution < 1.29 is 24.9 Å². The summed E-state index contributed by atoms with van der Waals surface area (Å²) in [4.78, 5) is 14.5. The number of amidine groups is 1. The standard InChI is InChI=1S/C14H20N4O5/c1-4-7(2)17-13-10(8(3)23-15)16-6-18(13)14-12(21)11(20)9(5-19)22-14/h4,6,9,11-12,14,19-21H,1-2,5,15H2,3H3/b10-8-,17-13?. The molecule has 5 N–H and O–H groups in total. The number of rotatable bonds is 5. The molecule has 0 bridgehead atoms. The van der Waals surface area contributed by atoms with Gasteiger partial charge >= 0.3 is 0 Å². The van der Waals surface area contributed by atoms with Gasteiger partial charge in [-0.2, -0.15) is 5.90 Å². The zero-order valence-corrected chi connectivity index (χ0v) is 12.7. The quantitative estimate of drug-likeness (QED) is 0.289. The lowest BCUT2D eigenvalue weighted by Gasteiger charge is -2.25. The smallest absolute Gasteiger partial charge is 0.166 e. The van der Waals surface area contributed by atoms with Crippen LogP contribution in [0.25, 0.3) is 0 Å². The zero-order chi connectivity index (χ0) is 17.1. The fourth-order valence-electron chi connectivity index (χ4n) is 2.25. The molecule has 2 aliphatic heterocycles. The van der Waals surface area contributed by atoms with E-state index >= 15 is 0 Å². The normalized spacial score (nSPS) is 34.1. The van der Waals surface area contributed by atoms with E-state index in [4.69, 9.17) is 15.5 Å². The van der Waals surface area contributed by atoms with Gasteiger partial charge in [0.2, 0.25) is 0 Å². The summed E-state index contributed by atoms with van der Waals surface area (Å²) in [6.45, 7) is 8.45. The van der Waals surface area contributed by atoms with Crippen LogP contribution in [0, 0.1) is 0 Å². The number of aliphatic hydroxyl groups is 3. The molecule has 2 aliphatic rings. The van der Waals surface area contributed by atoms with Crippen LogP contribution < -0.4 is 5.90 Å². The summed E-state index contributed by atoms with van der Waals surface area (Å²) in [5, 5.41) is 29.2. The van der Waals surface area contributed by atoms with Crippen LogP contribution in [0.2, 0.25) is 0 Å². The minimum Gasteiger partial charge on any atom is -0.414 e. The van der Waals surface area contributed by atoms with Gasteiger partial charge < -0.3 is 24.9 Å². The Morgan fingerprint density at radius 3 is 2.78 bits per heavy atom. The Kier molecular flexibility index (Phi) is 5.29. The molecule has 0 aliphatic carbocycles. The van der Waals surface area contributed by atoms with Crippen LogP contribution in [0.5, 0.6) is 0 Å². The van der Waals surface area contributed by atoms with Crippen molar-refractivity contribution in [2.75, 3.05) is 6.61 Å². The summed E-state index contributed by atoms with van der Waals surface area (Å²) in [7, 11) is 0. The number of allylic oxidation sites excluding steroid dienone is 2. The van der Waals surface area contributed by atoms with Crippen molar-refractivity contribution >= 4 is 12.2 Å². The lowest BCUT2D eigenvalue weighted by molar-refractivity contribution is -0.0507. The Labute approximate surface area is 133 Å². The minimum absolute atomic E-state index is 0.271. The topological polar surface area (TPSA) is 133 Å². The van der Waals surface area contributed by atoms with E-state index in [0.29, 0.717) is 17.2 Å². The van der Waals surface area contributed by atoms with Gasteiger partial charge in [0, 0.05) is 0 Å². The molecule has 9 heteroatoms. The molecule has 2 heterocycles. The Morgan fingerprint density at radius 2 is 2.26 bits per heavy atom. The average molecular weight is 324 g/mol. The zero-order valence-electron chi connectivity index (χ0n) is 12.7. The average Bonchev–Trinajstić information content (AvgIpc) is 3.08. The third-order valence-corrected chi connectivity index (χ3v) is 3.55. The second kappa shape index (κ2) is 7.02. The second-order valence-electron chi connectivity index (χ2n) is 5.03. The molecule has 1 fully saturated rings. The Morgan fingerprint density at radius 1 is 1.57 bits per heavy atom. The first-order chi connectivity index (χ1) is 10.9. The molecule has 0 aromatic carbocycles. The fraction of sp³-hybridized carbons (Fsp3) is 0.429. The van der Waals surface area contributed by atoms with Crippen molar-refractivity contribution in [3.63, 3.8) is 0 Å². The van der Waals surface area contributed by atoms with Crippen LogP contribution in [0.4, 0.5) is 0 Å². The third kappa shape index (κ3) is 3.19. The predicted molar refractivity (Wildman–Crippen MR) is 82.8 cm³/mol. The van der Waals surface area contributed by atoms with Crippen LogP contribution in [0.15, 0.2) is 46.4 Å². The van der Waals surface area contributed by atoms with Crippen molar-refractivity contribution in [3.8, 4) is 0 Å². The molecule has 126 valence electrons. The minimum atomic E-state index is -1.26. The number of nitrogens with zero attached hydrogens (tertiary/aromatic N) is 3. The molecular weight excluding hydrogens is 304 g/mol. The highest BCUT2D eigenvalue weighted by Crippen LogP contribution is 2.28. The molecule has 0 amide bonds. The van der Waals surface area contributed by atoms with Gasteiger partial charge in [-0.3, -0.25) is 4.90 Å². The molecule has 0 spiro atoms. The number of hydrogen-bond acceptors (Lipinski definition) is 8. The maximum Gasteiger partial charge on any atom is 0.166 e. The van der Waals surface area contributed by atoms with E-state index in [-0.39, 0.29) is 5.84 Å². The molecular formula is C14H20N4O5. The summed E-state index contributed by atoms with van der Waals surface area (Å²) in [5.74, 6) is 5.74. The van der Waals surface area contributed by atoms with Crippen LogP contribution in [0.3, 0.4) is 0 Å². The Balaban J connectivity index is 2.38. The van der Waals surface area contributed by atoms with Crippen molar-refractivity contribution in [2.45, 2.75) is 31.5 Å². The molecule has 0 radical (unpaired) electrons. The first-order valence-electron chi connectivity index (χ1n) is 6.87. The van der Waals surface area contributed by atoms with E-state index < -0.39 is 31.1 Å². The number of aliphatic imine (C=N–C) groups is 2. The summed E-state index contributed by atoms with van der Waals surface area (Å²) in [6.07, 6.45) is -1.58. The number of aliphatic hydroxyl groups excluding tert-OH is 3. The van der Waals surface area contributed by atoms with Crippen LogP contribution in [-0.4, -0.2) is 63.5 Å². The van der Waals surface area contributed by atoms with E-state index in [2.05, 4.69) is 23.1 Å². The van der Waals surface area contributed by atoms with Gasteiger partial charge in [0.1, 0.15) is 29.8 Å². The van der Waals surface area contributed by atoms with E-state index in [9.17, 15) is 15.3 Å². The third-order valence-electron chi connectivity index (χ3n) is 3.55. The Hall–Kier alpha value is -2.04. The van der Waals surface area contributed by atoms with E-state index in [0.717, 1.165) is 0 Å². The van der Waals surface area contributed by atoms with Gasteiger partial charge in [-0.1, -0.05) is 13.2 Å². The number of hydrogen-bond donors (Lipinski definition) is 4. The van der Waals surface area contributed by atoms with Gasteiger partial charge in [-0.15, -0.1) is 0 Å². The lowest BCUT2D eigenvalue weighted by Crippen LogP contribution is -2.45. The summed E-state index contributed by atoms with van der Waals surface area (Å²) >= 11 is 0. The molecule has 0 aromatic heterocycles. The molecule has 4 atom stereocenters. The van der Waals surface area contributed by atoms with E-state index in [1.807, 2.05) is 0 Å². The molecule has 4 unspecified atom stereocenters. The molecule has 0 aromatic rings. The van der Waals surface area contributed by atoms with E-state index in [1.54, 1.807) is 6.92 Å². The SMILES string of the molecule is C=CC(=C)N=C1/C(=C(\C)ON)N=CN1C1OC(CO)C(O)C1O. The van der Waals surface area contributed by atoms with Crippen molar-refractivity contribution in [3.05, 3.63) is 36.4 Å². The van der Waals surface area contributed by atoms with Gasteiger partial charge in [0.15, 0.2) is 12.1 Å². The van der Waals surface area contributed by atoms with E-state index in [1.165, 1.54) is 17.3 Å². The van der Waals surface area contributed by atoms with Crippen molar-refractivity contribution in [1.82, 2.24) is 4.90 Å². The second-order valence-corrected chi connectivity index (χ2v) is 5.03. The number of ether oxygens (including phenoxy) is 1. The Bertz CT molecular complexity index is 586. The van der Waals surface area contributed by atoms with Crippen molar-refractivity contribution in [2.24, 2.45) is 15.9 Å². The van der Waals surface area contributed by atoms with Crippen LogP contribution >= 0.6 is 0 Å². The molecule has 2 rings (SSSR count). The summed E-state index contributed by atoms with van der Waals surface area (Å²) in [5.41, 5.74) is 0.679. The lowest BCUT2D eigenvalue weighted by atomic mass is 10.1. The van der Waals surface area contributed by atoms with Gasteiger partial charge in [0.05, 0.1) is 18.6 Å². The molecule has 23 heavy (non-hydrogen) atoms. The van der Waals surface area contributed by atoms with Crippen LogP contribution in [-0.2, 0) is 9.57 Å². The van der Waals surface area contributed by atoms with Gasteiger partial charge in [-0.05, 0) is 13.0 Å². The highest BCUT2D eigenvalue weighted by Gasteiger charge is 2.47. The molecule has 9 nitrogen and oxygen atoms in total. The maximum absolute atomic E-state index is 10.2. The van der Waals surface area contributed by atoms with Gasteiger partial charge in [0.25, 0.3) is 0 Å². The predicted octanol–water partition coefficient (Wildman–Crippen LogP) is -1.01. The molecule has 1 saturated heterocycles. The highest BCUT2D eigenvalue weighted by molar-refractivity contribution is 6.09. The largest absolute Gasteiger partial charge is 0.414 e. The maximum atomic E-state index is 10.2. The summed E-state index contributed by atoms with van der Waals surface area (Å²) in [6, 6.07) is 0. The first kappa shape index (κ1) is 17.3. The first-order valence-corrected chi connectivity index (χ1v) is 6.87.